The van der Waals surface area contributed by atoms with Crippen molar-refractivity contribution in [3.8, 4) is 23.3 Å². The van der Waals surface area contributed by atoms with Crippen molar-refractivity contribution in [2.24, 2.45) is 0 Å². The molecule has 0 aromatic heterocycles. The summed E-state index contributed by atoms with van der Waals surface area (Å²) in [5.41, 5.74) is 1.22. The van der Waals surface area contributed by atoms with Crippen molar-refractivity contribution >= 4 is 5.97 Å². The van der Waals surface area contributed by atoms with Gasteiger partial charge in [0.05, 0.1) is 12.7 Å². The van der Waals surface area contributed by atoms with Gasteiger partial charge in [0.1, 0.15) is 28.9 Å². The highest BCUT2D eigenvalue weighted by molar-refractivity contribution is 5.91. The Balaban J connectivity index is 2.42. The van der Waals surface area contributed by atoms with Gasteiger partial charge < -0.3 is 14.6 Å². The Kier molecular flexibility index (Phi) is 4.10. The van der Waals surface area contributed by atoms with Crippen LogP contribution in [-0.4, -0.2) is 18.2 Å². The number of benzene rings is 2. The minimum absolute atomic E-state index is 0.00107. The first-order chi connectivity index (χ1) is 10.1. The Bertz CT molecular complexity index is 732. The Morgan fingerprint density at radius 2 is 2.00 bits per heavy atom. The van der Waals surface area contributed by atoms with E-state index in [-0.39, 0.29) is 11.3 Å². The van der Waals surface area contributed by atoms with Crippen LogP contribution in [0.5, 0.6) is 17.2 Å². The van der Waals surface area contributed by atoms with Crippen LogP contribution in [0.15, 0.2) is 36.4 Å². The molecule has 5 heteroatoms. The largest absolute Gasteiger partial charge is 0.496 e. The van der Waals surface area contributed by atoms with Crippen molar-refractivity contribution in [3.63, 3.8) is 0 Å². The molecule has 0 atom stereocenters. The molecule has 21 heavy (non-hydrogen) atoms. The highest BCUT2D eigenvalue weighted by Gasteiger charge is 2.14. The average molecular weight is 283 g/mol. The summed E-state index contributed by atoms with van der Waals surface area (Å²) in [6, 6.07) is 11.8. The number of aromatic carboxylic acids is 1. The third kappa shape index (κ3) is 2.95. The predicted molar refractivity (Wildman–Crippen MR) is 75.9 cm³/mol. The van der Waals surface area contributed by atoms with E-state index < -0.39 is 5.97 Å². The molecule has 0 saturated carbocycles. The van der Waals surface area contributed by atoms with E-state index >= 15 is 0 Å². The molecule has 0 radical (unpaired) electrons. The molecule has 2 aromatic rings. The van der Waals surface area contributed by atoms with Crippen LogP contribution in [0, 0.1) is 18.3 Å². The highest BCUT2D eigenvalue weighted by atomic mass is 16.5. The molecule has 0 heterocycles. The number of carbonyl (C=O) groups is 1. The van der Waals surface area contributed by atoms with Crippen molar-refractivity contribution in [2.75, 3.05) is 7.11 Å². The van der Waals surface area contributed by atoms with Crippen LogP contribution in [0.2, 0.25) is 0 Å². The van der Waals surface area contributed by atoms with E-state index in [1.807, 2.05) is 13.0 Å². The second-order valence-electron chi connectivity index (χ2n) is 4.33. The molecule has 0 bridgehead atoms. The van der Waals surface area contributed by atoms with Gasteiger partial charge in [0.2, 0.25) is 0 Å². The standard InChI is InChI=1S/C16H13NO4/c1-10-4-3-5-15(13(10)9-17)21-11-6-7-14(20-2)12(8-11)16(18)19/h3-8H,1-2H3,(H,18,19). The lowest BCUT2D eigenvalue weighted by molar-refractivity contribution is 0.0693. The number of ether oxygens (including phenoxy) is 2. The van der Waals surface area contributed by atoms with E-state index in [0.717, 1.165) is 5.56 Å². The van der Waals surface area contributed by atoms with Crippen LogP contribution >= 0.6 is 0 Å². The third-order valence-corrected chi connectivity index (χ3v) is 2.98. The summed E-state index contributed by atoms with van der Waals surface area (Å²) in [4.78, 5) is 11.2. The SMILES string of the molecule is COc1ccc(Oc2cccc(C)c2C#N)cc1C(=O)O. The lowest BCUT2D eigenvalue weighted by Gasteiger charge is -2.11. The van der Waals surface area contributed by atoms with Gasteiger partial charge in [-0.1, -0.05) is 12.1 Å². The van der Waals surface area contributed by atoms with Crippen molar-refractivity contribution in [1.29, 1.82) is 5.26 Å². The van der Waals surface area contributed by atoms with Gasteiger partial charge in [-0.15, -0.1) is 0 Å². The molecule has 1 N–H and O–H groups in total. The predicted octanol–water partition coefficient (Wildman–Crippen LogP) is 3.37. The number of aryl methyl sites for hydroxylation is 1. The molecule has 0 amide bonds. The zero-order chi connectivity index (χ0) is 15.4. The summed E-state index contributed by atoms with van der Waals surface area (Å²) < 4.78 is 10.6. The number of rotatable bonds is 4. The second kappa shape index (κ2) is 5.97. The molecular formula is C16H13NO4. The first kappa shape index (κ1) is 14.4. The van der Waals surface area contributed by atoms with Gasteiger partial charge in [-0.25, -0.2) is 4.79 Å². The van der Waals surface area contributed by atoms with Crippen LogP contribution in [0.1, 0.15) is 21.5 Å². The molecule has 0 fully saturated rings. The van der Waals surface area contributed by atoms with Crippen LogP contribution in [0.3, 0.4) is 0 Å². The molecule has 5 nitrogen and oxygen atoms in total. The molecular weight excluding hydrogens is 270 g/mol. The van der Waals surface area contributed by atoms with Gasteiger partial charge in [0, 0.05) is 0 Å². The van der Waals surface area contributed by atoms with E-state index in [1.165, 1.54) is 19.2 Å². The van der Waals surface area contributed by atoms with E-state index in [4.69, 9.17) is 19.8 Å². The molecule has 2 aromatic carbocycles. The Morgan fingerprint density at radius 1 is 1.24 bits per heavy atom. The molecule has 106 valence electrons. The molecule has 2 rings (SSSR count). The number of carboxylic acid groups (broad SMARTS) is 1. The zero-order valence-electron chi connectivity index (χ0n) is 11.6. The van der Waals surface area contributed by atoms with E-state index in [2.05, 4.69) is 6.07 Å². The van der Waals surface area contributed by atoms with Crippen molar-refractivity contribution < 1.29 is 19.4 Å². The summed E-state index contributed by atoms with van der Waals surface area (Å²) >= 11 is 0. The number of methoxy groups -OCH3 is 1. The second-order valence-corrected chi connectivity index (χ2v) is 4.33. The summed E-state index contributed by atoms with van der Waals surface area (Å²) in [5.74, 6) is -0.143. The van der Waals surface area contributed by atoms with Crippen molar-refractivity contribution in [3.05, 3.63) is 53.1 Å². The van der Waals surface area contributed by atoms with Gasteiger partial charge in [-0.05, 0) is 36.8 Å². The topological polar surface area (TPSA) is 79.5 Å². The van der Waals surface area contributed by atoms with Crippen molar-refractivity contribution in [1.82, 2.24) is 0 Å². The Morgan fingerprint density at radius 3 is 2.62 bits per heavy atom. The van der Waals surface area contributed by atoms with Crippen molar-refractivity contribution in [2.45, 2.75) is 6.92 Å². The zero-order valence-corrected chi connectivity index (χ0v) is 11.6. The first-order valence-electron chi connectivity index (χ1n) is 6.15. The fourth-order valence-corrected chi connectivity index (χ4v) is 1.91. The molecule has 0 aliphatic rings. The summed E-state index contributed by atoms with van der Waals surface area (Å²) in [5, 5.41) is 18.3. The van der Waals surface area contributed by atoms with E-state index in [1.54, 1.807) is 18.2 Å². The Hall–Kier alpha value is -3.00. The summed E-state index contributed by atoms with van der Waals surface area (Å²) in [6.45, 7) is 1.81. The van der Waals surface area contributed by atoms with Crippen LogP contribution in [0.25, 0.3) is 0 Å². The molecule has 0 unspecified atom stereocenters. The highest BCUT2D eigenvalue weighted by Crippen LogP contribution is 2.30. The molecule has 0 saturated heterocycles. The minimum Gasteiger partial charge on any atom is -0.496 e. The third-order valence-electron chi connectivity index (χ3n) is 2.98. The maximum Gasteiger partial charge on any atom is 0.339 e. The normalized spacial score (nSPS) is 9.76. The lowest BCUT2D eigenvalue weighted by atomic mass is 10.1. The number of nitriles is 1. The molecule has 0 aliphatic heterocycles. The number of carboxylic acids is 1. The van der Waals surface area contributed by atoms with Gasteiger partial charge in [0.15, 0.2) is 0 Å². The Labute approximate surface area is 122 Å². The smallest absolute Gasteiger partial charge is 0.339 e. The molecule has 0 spiro atoms. The monoisotopic (exact) mass is 283 g/mol. The fraction of sp³-hybridized carbons (Fsp3) is 0.125. The number of nitrogens with zero attached hydrogens (tertiary/aromatic N) is 1. The van der Waals surface area contributed by atoms with Gasteiger partial charge in [-0.2, -0.15) is 5.26 Å². The van der Waals surface area contributed by atoms with Gasteiger partial charge >= 0.3 is 5.97 Å². The van der Waals surface area contributed by atoms with Crippen LogP contribution in [0.4, 0.5) is 0 Å². The molecule has 0 aliphatic carbocycles. The minimum atomic E-state index is -1.11. The summed E-state index contributed by atoms with van der Waals surface area (Å²) in [6.07, 6.45) is 0. The lowest BCUT2D eigenvalue weighted by Crippen LogP contribution is -2.01. The average Bonchev–Trinajstić information content (AvgIpc) is 2.47. The maximum atomic E-state index is 11.2. The van der Waals surface area contributed by atoms with E-state index in [9.17, 15) is 4.79 Å². The number of hydrogen-bond acceptors (Lipinski definition) is 4. The van der Waals surface area contributed by atoms with Gasteiger partial charge in [0.25, 0.3) is 0 Å². The first-order valence-corrected chi connectivity index (χ1v) is 6.15. The van der Waals surface area contributed by atoms with Crippen LogP contribution in [-0.2, 0) is 0 Å². The summed E-state index contributed by atoms with van der Waals surface area (Å²) in [7, 11) is 1.40. The number of hydrogen-bond donors (Lipinski definition) is 1. The van der Waals surface area contributed by atoms with E-state index in [0.29, 0.717) is 17.1 Å². The maximum absolute atomic E-state index is 11.2. The fourth-order valence-electron chi connectivity index (χ4n) is 1.91. The van der Waals surface area contributed by atoms with Crippen LogP contribution < -0.4 is 9.47 Å². The van der Waals surface area contributed by atoms with Gasteiger partial charge in [-0.3, -0.25) is 0 Å². The quantitative estimate of drug-likeness (QED) is 0.930.